The van der Waals surface area contributed by atoms with E-state index in [0.29, 0.717) is 0 Å². The molecule has 0 aromatic heterocycles. The van der Waals surface area contributed by atoms with Crippen LogP contribution in [0.2, 0.25) is 0 Å². The van der Waals surface area contributed by atoms with Gasteiger partial charge in [-0.25, -0.2) is 0 Å². The van der Waals surface area contributed by atoms with Crippen LogP contribution < -0.4 is 4.90 Å². The maximum absolute atomic E-state index is 4.00. The first-order valence-electron chi connectivity index (χ1n) is 17.7. The summed E-state index contributed by atoms with van der Waals surface area (Å²) in [6.07, 6.45) is 7.67. The van der Waals surface area contributed by atoms with Gasteiger partial charge in [-0.1, -0.05) is 153 Å². The van der Waals surface area contributed by atoms with Crippen LogP contribution in [0.1, 0.15) is 27.8 Å². The van der Waals surface area contributed by atoms with Gasteiger partial charge in [0.1, 0.15) is 0 Å². The minimum atomic E-state index is 0.977. The molecule has 0 bridgehead atoms. The van der Waals surface area contributed by atoms with Crippen LogP contribution in [0, 0.1) is 0 Å². The third-order valence-corrected chi connectivity index (χ3v) is 10.5. The van der Waals surface area contributed by atoms with Gasteiger partial charge in [0, 0.05) is 17.1 Å². The largest absolute Gasteiger partial charge is 0.311 e. The van der Waals surface area contributed by atoms with E-state index in [2.05, 4.69) is 176 Å². The van der Waals surface area contributed by atoms with Gasteiger partial charge in [-0.05, 0) is 127 Å². The average molecular weight is 652 g/mol. The van der Waals surface area contributed by atoms with Crippen LogP contribution in [0.25, 0.3) is 50.1 Å². The van der Waals surface area contributed by atoms with Crippen LogP contribution in [0.4, 0.5) is 17.1 Å². The van der Waals surface area contributed by atoms with Crippen molar-refractivity contribution in [1.82, 2.24) is 0 Å². The van der Waals surface area contributed by atoms with Gasteiger partial charge in [-0.2, -0.15) is 0 Å². The molecular formula is C50H37N. The predicted octanol–water partition coefficient (Wildman–Crippen LogP) is 13.4. The van der Waals surface area contributed by atoms with Crippen molar-refractivity contribution in [2.75, 3.05) is 4.90 Å². The fourth-order valence-corrected chi connectivity index (χ4v) is 7.99. The molecule has 0 saturated carbocycles. The number of allylic oxidation sites excluding steroid dienone is 4. The van der Waals surface area contributed by atoms with Gasteiger partial charge in [0.05, 0.1) is 0 Å². The highest BCUT2D eigenvalue weighted by molar-refractivity contribution is 5.96. The van der Waals surface area contributed by atoms with E-state index < -0.39 is 0 Å². The summed E-state index contributed by atoms with van der Waals surface area (Å²) in [6.45, 7) is 7.87. The number of hydrogen-bond acceptors (Lipinski definition) is 1. The Bertz CT molecular complexity index is 2460. The van der Waals surface area contributed by atoms with Crippen molar-refractivity contribution in [1.29, 1.82) is 0 Å². The molecule has 2 aliphatic rings. The Morgan fingerprint density at radius 1 is 0.451 bits per heavy atom. The molecule has 0 atom stereocenters. The normalized spacial score (nSPS) is 12.4. The summed E-state index contributed by atoms with van der Waals surface area (Å²) in [7, 11) is 0. The van der Waals surface area contributed by atoms with Crippen molar-refractivity contribution in [2.24, 2.45) is 0 Å². The van der Waals surface area contributed by atoms with Crippen LogP contribution in [0.15, 0.2) is 189 Å². The molecule has 2 aliphatic carbocycles. The molecular weight excluding hydrogens is 615 g/mol. The molecule has 0 spiro atoms. The third kappa shape index (κ3) is 5.44. The maximum atomic E-state index is 4.00. The molecule has 0 radical (unpaired) electrons. The Morgan fingerprint density at radius 3 is 1.59 bits per heavy atom. The molecule has 0 aliphatic heterocycles. The van der Waals surface area contributed by atoms with E-state index >= 15 is 0 Å². The molecule has 0 heterocycles. The summed E-state index contributed by atoms with van der Waals surface area (Å²) in [5.41, 5.74) is 21.7. The molecule has 1 nitrogen and oxygen atoms in total. The molecule has 0 N–H and O–H groups in total. The molecule has 242 valence electrons. The van der Waals surface area contributed by atoms with E-state index in [1.165, 1.54) is 66.8 Å². The second-order valence-corrected chi connectivity index (χ2v) is 13.4. The summed E-state index contributed by atoms with van der Waals surface area (Å²) >= 11 is 0. The first-order valence-corrected chi connectivity index (χ1v) is 17.7. The molecule has 0 unspecified atom stereocenters. The Kier molecular flexibility index (Phi) is 7.67. The fourth-order valence-electron chi connectivity index (χ4n) is 7.99. The van der Waals surface area contributed by atoms with Crippen LogP contribution in [0.5, 0.6) is 0 Å². The second kappa shape index (κ2) is 12.8. The van der Waals surface area contributed by atoms with E-state index in [0.717, 1.165) is 41.0 Å². The molecule has 0 fully saturated rings. The monoisotopic (exact) mass is 651 g/mol. The Labute approximate surface area is 300 Å². The number of benzene rings is 7. The van der Waals surface area contributed by atoms with Crippen molar-refractivity contribution >= 4 is 22.6 Å². The summed E-state index contributed by atoms with van der Waals surface area (Å²) in [5.74, 6) is 0. The van der Waals surface area contributed by atoms with Crippen molar-refractivity contribution < 1.29 is 0 Å². The zero-order valence-corrected chi connectivity index (χ0v) is 28.5. The first-order chi connectivity index (χ1) is 25.2. The lowest BCUT2D eigenvalue weighted by Crippen LogP contribution is -2.10. The number of fused-ring (bicyclic) bond motifs is 7. The molecule has 51 heavy (non-hydrogen) atoms. The van der Waals surface area contributed by atoms with Gasteiger partial charge in [0.25, 0.3) is 0 Å². The minimum absolute atomic E-state index is 0.977. The summed E-state index contributed by atoms with van der Waals surface area (Å²) < 4.78 is 0. The highest BCUT2D eigenvalue weighted by atomic mass is 15.1. The van der Waals surface area contributed by atoms with E-state index in [9.17, 15) is 0 Å². The van der Waals surface area contributed by atoms with E-state index in [-0.39, 0.29) is 0 Å². The van der Waals surface area contributed by atoms with Crippen LogP contribution in [-0.2, 0) is 12.8 Å². The highest BCUT2D eigenvalue weighted by Crippen LogP contribution is 2.49. The second-order valence-electron chi connectivity index (χ2n) is 13.4. The topological polar surface area (TPSA) is 3.24 Å². The smallest absolute Gasteiger partial charge is 0.0462 e. The summed E-state index contributed by atoms with van der Waals surface area (Å²) in [5, 5.41) is 0. The lowest BCUT2D eigenvalue weighted by molar-refractivity contribution is 1.23. The fraction of sp³-hybridized carbons (Fsp3) is 0.0400. The molecule has 0 amide bonds. The summed E-state index contributed by atoms with van der Waals surface area (Å²) in [6, 6.07) is 57.7. The van der Waals surface area contributed by atoms with Gasteiger partial charge in [0.15, 0.2) is 0 Å². The van der Waals surface area contributed by atoms with Gasteiger partial charge in [0.2, 0.25) is 0 Å². The maximum Gasteiger partial charge on any atom is 0.0462 e. The Balaban J connectivity index is 1.06. The molecule has 7 aromatic rings. The highest BCUT2D eigenvalue weighted by Gasteiger charge is 2.28. The Hall–Kier alpha value is -6.44. The van der Waals surface area contributed by atoms with Crippen LogP contribution >= 0.6 is 0 Å². The van der Waals surface area contributed by atoms with Gasteiger partial charge in [-0.3, -0.25) is 0 Å². The zero-order valence-electron chi connectivity index (χ0n) is 28.5. The Morgan fingerprint density at radius 2 is 0.961 bits per heavy atom. The third-order valence-electron chi connectivity index (χ3n) is 10.5. The average Bonchev–Trinajstić information content (AvgIpc) is 3.76. The van der Waals surface area contributed by atoms with Crippen molar-refractivity contribution in [3.63, 3.8) is 0 Å². The standard InChI is InChI=1S/C50H37N/c1-3-10-34(4-2)36-17-24-44(25-18-36)51(45-26-19-37(20-27-45)35-11-6-5-7-12-35)46-28-21-38(22-29-46)39-23-30-48-43(31-39)33-42-16-15-41-32-40-13-8-9-14-47(40)49(41)50(42)48/h3-31H,1-2,32-33H2/b34-10+. The molecule has 1 heteroatoms. The van der Waals surface area contributed by atoms with E-state index in [1.54, 1.807) is 6.08 Å². The lowest BCUT2D eigenvalue weighted by atomic mass is 9.93. The van der Waals surface area contributed by atoms with Crippen molar-refractivity contribution in [3.05, 3.63) is 217 Å². The minimum Gasteiger partial charge on any atom is -0.311 e. The van der Waals surface area contributed by atoms with Gasteiger partial charge in [-0.15, -0.1) is 0 Å². The van der Waals surface area contributed by atoms with E-state index in [4.69, 9.17) is 0 Å². The molecule has 7 aromatic carbocycles. The zero-order chi connectivity index (χ0) is 34.3. The first kappa shape index (κ1) is 30.6. The van der Waals surface area contributed by atoms with Gasteiger partial charge >= 0.3 is 0 Å². The number of hydrogen-bond donors (Lipinski definition) is 0. The SMILES string of the molecule is C=C/C=C(\C=C)c1ccc(N(c2ccc(-c3ccccc3)cc2)c2ccc(-c3ccc4c(c3)Cc3ccc5c(c3-4)-c3ccccc3C5)cc2)cc1. The molecule has 0 saturated heterocycles. The number of rotatable bonds is 8. The van der Waals surface area contributed by atoms with E-state index in [1.807, 2.05) is 12.2 Å². The van der Waals surface area contributed by atoms with Crippen molar-refractivity contribution in [3.8, 4) is 44.5 Å². The predicted molar refractivity (Wildman–Crippen MR) is 217 cm³/mol. The number of nitrogens with zero attached hydrogens (tertiary/aromatic N) is 1. The van der Waals surface area contributed by atoms with Crippen LogP contribution in [0.3, 0.4) is 0 Å². The van der Waals surface area contributed by atoms with Gasteiger partial charge < -0.3 is 4.90 Å². The lowest BCUT2D eigenvalue weighted by Gasteiger charge is -2.26. The molecule has 9 rings (SSSR count). The van der Waals surface area contributed by atoms with Crippen LogP contribution in [-0.4, -0.2) is 0 Å². The quantitative estimate of drug-likeness (QED) is 0.148. The van der Waals surface area contributed by atoms with Crippen molar-refractivity contribution in [2.45, 2.75) is 12.8 Å². The summed E-state index contributed by atoms with van der Waals surface area (Å²) in [4.78, 5) is 2.32. The number of anilines is 3.